The smallest absolute Gasteiger partial charge is 0.224 e. The van der Waals surface area contributed by atoms with Crippen molar-refractivity contribution in [2.75, 3.05) is 5.32 Å². The van der Waals surface area contributed by atoms with Crippen LogP contribution < -0.4 is 5.32 Å². The van der Waals surface area contributed by atoms with Crippen LogP contribution in [0.4, 0.5) is 10.1 Å². The summed E-state index contributed by atoms with van der Waals surface area (Å²) in [7, 11) is 0. The molecule has 0 aromatic heterocycles. The van der Waals surface area contributed by atoms with E-state index in [0.29, 0.717) is 12.8 Å². The second-order valence-electron chi connectivity index (χ2n) is 5.05. The minimum absolute atomic E-state index is 0.0284. The molecule has 0 aliphatic carbocycles. The van der Waals surface area contributed by atoms with Gasteiger partial charge < -0.3 is 5.32 Å². The zero-order chi connectivity index (χ0) is 14.5. The van der Waals surface area contributed by atoms with Crippen molar-refractivity contribution in [1.29, 1.82) is 0 Å². The van der Waals surface area contributed by atoms with Gasteiger partial charge in [-0.25, -0.2) is 4.39 Å². The van der Waals surface area contributed by atoms with Crippen LogP contribution in [0, 0.1) is 19.7 Å². The lowest BCUT2D eigenvalue weighted by atomic mass is 10.1. The third-order valence-electron chi connectivity index (χ3n) is 3.06. The van der Waals surface area contributed by atoms with Gasteiger partial charge in [0.05, 0.1) is 0 Å². The Morgan fingerprint density at radius 3 is 2.25 bits per heavy atom. The number of amides is 1. The fourth-order valence-corrected chi connectivity index (χ4v) is 2.18. The van der Waals surface area contributed by atoms with Gasteiger partial charge in [-0.05, 0) is 61.2 Å². The first kappa shape index (κ1) is 14.3. The van der Waals surface area contributed by atoms with Crippen LogP contribution in [0.1, 0.15) is 23.1 Å². The summed E-state index contributed by atoms with van der Waals surface area (Å²) < 4.78 is 12.8. The van der Waals surface area contributed by atoms with Crippen LogP contribution in [0.25, 0.3) is 0 Å². The van der Waals surface area contributed by atoms with Gasteiger partial charge in [-0.2, -0.15) is 0 Å². The molecule has 0 aliphatic heterocycles. The van der Waals surface area contributed by atoms with Gasteiger partial charge in [0.2, 0.25) is 5.91 Å². The SMILES string of the molecule is Cc1cc(C)cc(NC(=O)CCc2ccc(F)cc2)c1. The molecule has 0 saturated heterocycles. The quantitative estimate of drug-likeness (QED) is 0.894. The maximum Gasteiger partial charge on any atom is 0.224 e. The van der Waals surface area contributed by atoms with Crippen LogP contribution in [0.3, 0.4) is 0 Å². The molecule has 104 valence electrons. The Kier molecular flexibility index (Phi) is 4.51. The molecule has 0 spiro atoms. The summed E-state index contributed by atoms with van der Waals surface area (Å²) in [5, 5.41) is 2.89. The Labute approximate surface area is 118 Å². The monoisotopic (exact) mass is 271 g/mol. The number of halogens is 1. The number of carbonyl (C=O) groups excluding carboxylic acids is 1. The number of benzene rings is 2. The maximum atomic E-state index is 12.8. The van der Waals surface area contributed by atoms with Crippen LogP contribution >= 0.6 is 0 Å². The van der Waals surface area contributed by atoms with Gasteiger partial charge in [0.15, 0.2) is 0 Å². The molecule has 1 N–H and O–H groups in total. The van der Waals surface area contributed by atoms with Gasteiger partial charge in [0, 0.05) is 12.1 Å². The Hall–Kier alpha value is -2.16. The normalized spacial score (nSPS) is 10.3. The first-order valence-electron chi connectivity index (χ1n) is 6.65. The lowest BCUT2D eigenvalue weighted by Crippen LogP contribution is -2.12. The molecule has 0 saturated carbocycles. The zero-order valence-corrected chi connectivity index (χ0v) is 11.7. The molecule has 2 aromatic rings. The number of hydrogen-bond acceptors (Lipinski definition) is 1. The van der Waals surface area contributed by atoms with E-state index in [-0.39, 0.29) is 11.7 Å². The summed E-state index contributed by atoms with van der Waals surface area (Å²) >= 11 is 0. The van der Waals surface area contributed by atoms with Gasteiger partial charge >= 0.3 is 0 Å². The molecular weight excluding hydrogens is 253 g/mol. The lowest BCUT2D eigenvalue weighted by molar-refractivity contribution is -0.116. The number of anilines is 1. The van der Waals surface area contributed by atoms with Crippen molar-refractivity contribution in [3.05, 3.63) is 65.0 Å². The van der Waals surface area contributed by atoms with E-state index in [1.807, 2.05) is 26.0 Å². The Morgan fingerprint density at radius 1 is 1.05 bits per heavy atom. The molecule has 2 rings (SSSR count). The maximum absolute atomic E-state index is 12.8. The van der Waals surface area contributed by atoms with Gasteiger partial charge in [0.25, 0.3) is 0 Å². The van der Waals surface area contributed by atoms with Crippen LogP contribution in [-0.2, 0) is 11.2 Å². The molecule has 2 aromatic carbocycles. The summed E-state index contributed by atoms with van der Waals surface area (Å²) in [6, 6.07) is 12.2. The molecule has 0 fully saturated rings. The summed E-state index contributed by atoms with van der Waals surface area (Å²) in [5.74, 6) is -0.284. The predicted molar refractivity (Wildman–Crippen MR) is 79.3 cm³/mol. The molecule has 0 bridgehead atoms. The molecule has 3 heteroatoms. The van der Waals surface area contributed by atoms with Crippen molar-refractivity contribution in [3.8, 4) is 0 Å². The fourth-order valence-electron chi connectivity index (χ4n) is 2.18. The summed E-state index contributed by atoms with van der Waals surface area (Å²) in [6.45, 7) is 4.00. The van der Waals surface area contributed by atoms with Crippen molar-refractivity contribution in [1.82, 2.24) is 0 Å². The average molecular weight is 271 g/mol. The van der Waals surface area contributed by atoms with Crippen molar-refractivity contribution in [2.45, 2.75) is 26.7 Å². The van der Waals surface area contributed by atoms with Crippen molar-refractivity contribution in [3.63, 3.8) is 0 Å². The molecular formula is C17H18FNO. The van der Waals surface area contributed by atoms with Gasteiger partial charge in [-0.15, -0.1) is 0 Å². The Morgan fingerprint density at radius 2 is 1.65 bits per heavy atom. The van der Waals surface area contributed by atoms with E-state index in [2.05, 4.69) is 11.4 Å². The lowest BCUT2D eigenvalue weighted by Gasteiger charge is -2.07. The highest BCUT2D eigenvalue weighted by atomic mass is 19.1. The van der Waals surface area contributed by atoms with Crippen LogP contribution in [-0.4, -0.2) is 5.91 Å². The number of hydrogen-bond donors (Lipinski definition) is 1. The van der Waals surface area contributed by atoms with E-state index in [1.54, 1.807) is 12.1 Å². The van der Waals surface area contributed by atoms with Crippen molar-refractivity contribution < 1.29 is 9.18 Å². The number of aryl methyl sites for hydroxylation is 3. The third kappa shape index (κ3) is 4.19. The molecule has 20 heavy (non-hydrogen) atoms. The fraction of sp³-hybridized carbons (Fsp3) is 0.235. The van der Waals surface area contributed by atoms with Gasteiger partial charge in [-0.1, -0.05) is 18.2 Å². The van der Waals surface area contributed by atoms with Crippen LogP contribution in [0.5, 0.6) is 0 Å². The highest BCUT2D eigenvalue weighted by molar-refractivity contribution is 5.91. The van der Waals surface area contributed by atoms with Crippen LogP contribution in [0.2, 0.25) is 0 Å². The summed E-state index contributed by atoms with van der Waals surface area (Å²) in [5.41, 5.74) is 4.03. The molecule has 1 amide bonds. The standard InChI is InChI=1S/C17H18FNO/c1-12-9-13(2)11-16(10-12)19-17(20)8-5-14-3-6-15(18)7-4-14/h3-4,6-7,9-11H,5,8H2,1-2H3,(H,19,20). The predicted octanol–water partition coefficient (Wildman–Crippen LogP) is 4.01. The topological polar surface area (TPSA) is 29.1 Å². The molecule has 0 radical (unpaired) electrons. The first-order valence-corrected chi connectivity index (χ1v) is 6.65. The van der Waals surface area contributed by atoms with E-state index < -0.39 is 0 Å². The number of nitrogens with one attached hydrogen (secondary N) is 1. The third-order valence-corrected chi connectivity index (χ3v) is 3.06. The first-order chi connectivity index (χ1) is 9.52. The minimum atomic E-state index is -0.256. The average Bonchev–Trinajstić information content (AvgIpc) is 2.37. The molecule has 0 aliphatic rings. The minimum Gasteiger partial charge on any atom is -0.326 e. The van der Waals surface area contributed by atoms with Crippen LogP contribution in [0.15, 0.2) is 42.5 Å². The highest BCUT2D eigenvalue weighted by Crippen LogP contribution is 2.14. The van der Waals surface area contributed by atoms with E-state index in [0.717, 1.165) is 22.4 Å². The molecule has 2 nitrogen and oxygen atoms in total. The molecule has 0 heterocycles. The van der Waals surface area contributed by atoms with Crippen molar-refractivity contribution in [2.24, 2.45) is 0 Å². The van der Waals surface area contributed by atoms with Crippen molar-refractivity contribution >= 4 is 11.6 Å². The second kappa shape index (κ2) is 6.33. The summed E-state index contributed by atoms with van der Waals surface area (Å²) in [6.07, 6.45) is 0.996. The molecule has 0 unspecified atom stereocenters. The Balaban J connectivity index is 1.90. The van der Waals surface area contributed by atoms with E-state index in [9.17, 15) is 9.18 Å². The zero-order valence-electron chi connectivity index (χ0n) is 11.7. The van der Waals surface area contributed by atoms with E-state index in [4.69, 9.17) is 0 Å². The number of rotatable bonds is 4. The van der Waals surface area contributed by atoms with Gasteiger partial charge in [0.1, 0.15) is 5.82 Å². The highest BCUT2D eigenvalue weighted by Gasteiger charge is 2.04. The Bertz CT molecular complexity index is 585. The van der Waals surface area contributed by atoms with Gasteiger partial charge in [-0.3, -0.25) is 4.79 Å². The summed E-state index contributed by atoms with van der Waals surface area (Å²) in [4.78, 5) is 11.9. The second-order valence-corrected chi connectivity index (χ2v) is 5.05. The number of carbonyl (C=O) groups is 1. The van der Waals surface area contributed by atoms with E-state index in [1.165, 1.54) is 12.1 Å². The largest absolute Gasteiger partial charge is 0.326 e. The molecule has 0 atom stereocenters. The van der Waals surface area contributed by atoms with E-state index >= 15 is 0 Å².